The van der Waals surface area contributed by atoms with Gasteiger partial charge in [-0.25, -0.2) is 0 Å². The Kier molecular flexibility index (Phi) is 28.9. The van der Waals surface area contributed by atoms with Crippen LogP contribution in [0.15, 0.2) is 12.2 Å². The highest BCUT2D eigenvalue weighted by atomic mass is 16.3. The van der Waals surface area contributed by atoms with Crippen LogP contribution >= 0.6 is 0 Å². The van der Waals surface area contributed by atoms with E-state index in [4.69, 9.17) is 0 Å². The molecule has 3 unspecified atom stereocenters. The molecular weight excluding hydrogens is 1100 g/mol. The van der Waals surface area contributed by atoms with E-state index in [9.17, 15) is 43.5 Å². The van der Waals surface area contributed by atoms with E-state index in [1.807, 2.05) is 61.5 Å². The van der Waals surface area contributed by atoms with Crippen molar-refractivity contribution < 1.29 is 57.8 Å². The van der Waals surface area contributed by atoms with Crippen LogP contribution in [0.5, 0.6) is 0 Å². The molecule has 1 saturated heterocycles. The van der Waals surface area contributed by atoms with Gasteiger partial charge in [0, 0.05) is 49.3 Å². The molecule has 1 saturated carbocycles. The van der Waals surface area contributed by atoms with Gasteiger partial charge in [-0.1, -0.05) is 109 Å². The number of hydrogen-bond acceptors (Lipinski definition) is 12. The number of amides is 11. The molecule has 1 spiro atoms. The van der Waals surface area contributed by atoms with E-state index < -0.39 is 155 Å². The third-order valence-corrected chi connectivity index (χ3v) is 17.3. The van der Waals surface area contributed by atoms with Crippen molar-refractivity contribution in [1.82, 2.24) is 55.6 Å². The maximum absolute atomic E-state index is 15.3. The lowest BCUT2D eigenvalue weighted by Crippen LogP contribution is -2.64. The Hall–Kier alpha value is -6.13. The highest BCUT2D eigenvalue weighted by Crippen LogP contribution is 2.54. The number of aliphatic hydroxyl groups is 1. The Labute approximate surface area is 514 Å². The Morgan fingerprint density at radius 1 is 0.523 bits per heavy atom. The van der Waals surface area contributed by atoms with E-state index in [2.05, 4.69) is 21.3 Å². The van der Waals surface area contributed by atoms with Crippen molar-refractivity contribution in [3.63, 3.8) is 0 Å². The number of nitrogens with zero attached hydrogens (tertiary/aromatic N) is 7. The number of allylic oxidation sites excluding steroid dienone is 2. The molecule has 0 aromatic heterocycles. The molecule has 5 N–H and O–H groups in total. The zero-order valence-corrected chi connectivity index (χ0v) is 56.6. The van der Waals surface area contributed by atoms with Crippen molar-refractivity contribution in [2.24, 2.45) is 47.3 Å². The second-order valence-corrected chi connectivity index (χ2v) is 26.8. The van der Waals surface area contributed by atoms with Gasteiger partial charge < -0.3 is 60.7 Å². The summed E-state index contributed by atoms with van der Waals surface area (Å²) in [6.07, 6.45) is 3.15. The van der Waals surface area contributed by atoms with Gasteiger partial charge in [-0.2, -0.15) is 0 Å². The summed E-state index contributed by atoms with van der Waals surface area (Å²) in [5.41, 5.74) is -1.44. The summed E-state index contributed by atoms with van der Waals surface area (Å²) >= 11 is 0. The molecule has 2 rings (SSSR count). The van der Waals surface area contributed by atoms with Crippen LogP contribution in [0.2, 0.25) is 0 Å². The predicted octanol–water partition coefficient (Wildman–Crippen LogP) is 3.27. The smallest absolute Gasteiger partial charge is 0.249 e. The molecule has 13 atom stereocenters. The van der Waals surface area contributed by atoms with Crippen molar-refractivity contribution in [2.75, 3.05) is 55.9 Å². The molecule has 490 valence electrons. The molecule has 11 amide bonds. The highest BCUT2D eigenvalue weighted by molar-refractivity contribution is 6.01. The summed E-state index contributed by atoms with van der Waals surface area (Å²) in [6, 6.07) is -11.2. The molecule has 1 aliphatic heterocycles. The lowest BCUT2D eigenvalue weighted by Gasteiger charge is -2.42. The Bertz CT molecular complexity index is 2430. The number of aliphatic hydroxyl groups excluding tert-OH is 1. The molecule has 0 radical (unpaired) electrons. The molecule has 1 heterocycles. The lowest BCUT2D eigenvalue weighted by atomic mass is 9.91. The third-order valence-electron chi connectivity index (χ3n) is 17.3. The van der Waals surface area contributed by atoms with E-state index in [1.165, 1.54) is 87.7 Å². The molecule has 0 bridgehead atoms. The molecular formula is C63H111N11O12. The van der Waals surface area contributed by atoms with Gasteiger partial charge in [-0.05, 0) is 107 Å². The quantitative estimate of drug-likeness (QED) is 0.157. The van der Waals surface area contributed by atoms with Gasteiger partial charge in [-0.3, -0.25) is 52.7 Å². The molecule has 23 nitrogen and oxygen atoms in total. The van der Waals surface area contributed by atoms with Gasteiger partial charge in [0.25, 0.3) is 0 Å². The zero-order chi connectivity index (χ0) is 66.5. The van der Waals surface area contributed by atoms with E-state index in [1.54, 1.807) is 54.5 Å². The summed E-state index contributed by atoms with van der Waals surface area (Å²) in [4.78, 5) is 170. The topological polar surface area (TPSA) is 279 Å². The van der Waals surface area contributed by atoms with E-state index >= 15 is 14.4 Å². The highest BCUT2D eigenvalue weighted by Gasteiger charge is 2.66. The minimum absolute atomic E-state index is 0.0240. The van der Waals surface area contributed by atoms with E-state index in [0.717, 1.165) is 9.80 Å². The van der Waals surface area contributed by atoms with Gasteiger partial charge in [0.15, 0.2) is 0 Å². The Balaban J connectivity index is 2.98. The van der Waals surface area contributed by atoms with Crippen LogP contribution in [0.25, 0.3) is 0 Å². The van der Waals surface area contributed by atoms with Gasteiger partial charge in [0.05, 0.1) is 12.6 Å². The van der Waals surface area contributed by atoms with Crippen molar-refractivity contribution in [3.8, 4) is 0 Å². The first-order valence-electron chi connectivity index (χ1n) is 31.1. The third kappa shape index (κ3) is 18.7. The summed E-state index contributed by atoms with van der Waals surface area (Å²) in [5, 5.41) is 23.2. The minimum Gasteiger partial charge on any atom is -0.390 e. The molecule has 1 aliphatic carbocycles. The normalized spacial score (nSPS) is 29.0. The molecule has 2 fully saturated rings. The number of rotatable bonds is 14. The van der Waals surface area contributed by atoms with Crippen LogP contribution in [0.1, 0.15) is 156 Å². The van der Waals surface area contributed by atoms with E-state index in [-0.39, 0.29) is 61.7 Å². The van der Waals surface area contributed by atoms with Crippen molar-refractivity contribution in [1.29, 1.82) is 0 Å². The number of nitrogens with one attached hydrogen (secondary N) is 4. The monoisotopic (exact) mass is 1210 g/mol. The van der Waals surface area contributed by atoms with Crippen molar-refractivity contribution >= 4 is 65.0 Å². The average Bonchev–Trinajstić information content (AvgIpc) is 1.56. The first-order valence-corrected chi connectivity index (χ1v) is 31.1. The lowest BCUT2D eigenvalue weighted by molar-refractivity contribution is -0.158. The van der Waals surface area contributed by atoms with Gasteiger partial charge in [0.2, 0.25) is 65.0 Å². The van der Waals surface area contributed by atoms with Crippen LogP contribution in [-0.2, 0) is 52.7 Å². The number of carbonyl (C=O) groups is 11. The fraction of sp³-hybridized carbons (Fsp3) is 0.794. The van der Waals surface area contributed by atoms with Gasteiger partial charge in [-0.15, -0.1) is 0 Å². The molecule has 86 heavy (non-hydrogen) atoms. The first kappa shape index (κ1) is 76.0. The van der Waals surface area contributed by atoms with E-state index in [0.29, 0.717) is 6.42 Å². The van der Waals surface area contributed by atoms with Crippen molar-refractivity contribution in [3.05, 3.63) is 12.2 Å². The second-order valence-electron chi connectivity index (χ2n) is 26.8. The van der Waals surface area contributed by atoms with Crippen LogP contribution in [-0.4, -0.2) is 226 Å². The predicted molar refractivity (Wildman–Crippen MR) is 331 cm³/mol. The summed E-state index contributed by atoms with van der Waals surface area (Å²) < 4.78 is 0. The van der Waals surface area contributed by atoms with Gasteiger partial charge in [0.1, 0.15) is 59.9 Å². The fourth-order valence-electron chi connectivity index (χ4n) is 11.7. The SMILES string of the molecule is C/C=C/C[C@@H](C)[C@@H](O)[C@H]1C(=O)N[C@@H](CC)C(=O)N(C)CC(=O)N(C)C(CC(C)C)C(=O)N[C@@H](C(C)C)C(=O)N(C)[C@@H](CC(C)C)C(=O)N[C@@H](C)C(=O)N[C@H](C)C(=O)N(C)C2(CC2C(C)C)C(=O)N(C)[C@@H](CC(C)C)C(=O)N(C)[C@@H](C(C)C)C(=O)N1C. The van der Waals surface area contributed by atoms with Crippen LogP contribution in [0.4, 0.5) is 0 Å². The van der Waals surface area contributed by atoms with Gasteiger partial charge >= 0.3 is 0 Å². The maximum atomic E-state index is 15.3. The molecule has 0 aromatic rings. The van der Waals surface area contributed by atoms with Crippen LogP contribution in [0.3, 0.4) is 0 Å². The summed E-state index contributed by atoms with van der Waals surface area (Å²) in [5.74, 6) is -9.90. The average molecular weight is 1210 g/mol. The van der Waals surface area contributed by atoms with Crippen molar-refractivity contribution in [2.45, 2.75) is 222 Å². The molecule has 2 aliphatic rings. The first-order chi connectivity index (χ1) is 39.7. The standard InChI is InChI=1S/C63H111N11O12/c1-25-27-28-40(15)52(76)51-56(80)66-44(26-2)58(82)68(18)33-48(75)69(19)45(29-34(3)4)55(79)67-49(38(11)12)60(84)70(20)46(30-35(5)6)54(78)64-41(16)53(77)65-42(17)57(81)74(24)63(32-43(63)37(9)10)62(86)71(21)47(31-36(7)8)59(83)72(22)50(39(13)14)61(85)73(51)23/h25,27,34-47,49-52,76H,26,28-33H2,1-24H3,(H,64,78)(H,65,77)(H,66,80)(H,67,79)/b27-25+/t40-,41+,42-,43?,44+,45?,46+,47+,49+,50+,51+,52-,63?/m1/s1. The molecule has 23 heteroatoms. The summed E-state index contributed by atoms with van der Waals surface area (Å²) in [7, 11) is 10.0. The Morgan fingerprint density at radius 3 is 1.48 bits per heavy atom. The zero-order valence-electron chi connectivity index (χ0n) is 56.6. The largest absolute Gasteiger partial charge is 0.390 e. The summed E-state index contributed by atoms with van der Waals surface area (Å²) in [6.45, 7) is 29.5. The van der Waals surface area contributed by atoms with Crippen LogP contribution in [0, 0.1) is 47.3 Å². The number of carbonyl (C=O) groups excluding carboxylic acids is 11. The molecule has 0 aromatic carbocycles. The van der Waals surface area contributed by atoms with Crippen LogP contribution < -0.4 is 21.3 Å². The number of hydrogen-bond donors (Lipinski definition) is 5. The fourth-order valence-corrected chi connectivity index (χ4v) is 11.7. The minimum atomic E-state index is -1.61. The number of likely N-dealkylation sites (N-methyl/N-ethyl adjacent to an activating group) is 7. The second kappa shape index (κ2) is 32.7. The maximum Gasteiger partial charge on any atom is 0.249 e. The Morgan fingerprint density at radius 2 is 1.01 bits per heavy atom.